The Balaban J connectivity index is 1.11. The van der Waals surface area contributed by atoms with Gasteiger partial charge in [-0.05, 0) is 99.2 Å². The molecule has 0 radical (unpaired) electrons. The van der Waals surface area contributed by atoms with Gasteiger partial charge in [-0.3, -0.25) is 4.90 Å². The Bertz CT molecular complexity index is 893. The lowest BCUT2D eigenvalue weighted by Gasteiger charge is -2.58. The van der Waals surface area contributed by atoms with Gasteiger partial charge in [-0.25, -0.2) is 4.79 Å². The topological polar surface area (TPSA) is 44.8 Å². The van der Waals surface area contributed by atoms with E-state index in [1.807, 2.05) is 0 Å². The first-order chi connectivity index (χ1) is 16.1. The zero-order valence-electron chi connectivity index (χ0n) is 19.8. The van der Waals surface area contributed by atoms with Gasteiger partial charge in [-0.1, -0.05) is 6.42 Å². The van der Waals surface area contributed by atoms with Crippen LogP contribution < -0.4 is 5.32 Å². The highest BCUT2D eigenvalue weighted by molar-refractivity contribution is 7.80. The summed E-state index contributed by atoms with van der Waals surface area (Å²) in [6.07, 6.45) is 13.1. The summed E-state index contributed by atoms with van der Waals surface area (Å²) in [5.74, 6) is 3.73. The number of methoxy groups -OCH3 is 1. The molecular weight excluding hydrogens is 450 g/mol. The van der Waals surface area contributed by atoms with Crippen molar-refractivity contribution < 1.29 is 9.53 Å². The maximum absolute atomic E-state index is 12.7. The third kappa shape index (κ3) is 4.12. The fourth-order valence-corrected chi connectivity index (χ4v) is 9.67. The van der Waals surface area contributed by atoms with Gasteiger partial charge >= 0.3 is 5.97 Å². The summed E-state index contributed by atoms with van der Waals surface area (Å²) in [6.45, 7) is 4.18. The number of carbonyl (C=O) groups excluding carboxylic acids is 1. The number of ether oxygens (including phenoxy) is 1. The summed E-state index contributed by atoms with van der Waals surface area (Å²) in [4.78, 5) is 19.1. The number of nitrogens with one attached hydrogen (secondary N) is 1. The molecule has 7 heteroatoms. The lowest BCUT2D eigenvalue weighted by molar-refractivity contribution is -0.0726. The fourth-order valence-electron chi connectivity index (χ4n) is 8.04. The van der Waals surface area contributed by atoms with E-state index >= 15 is 0 Å². The number of thiocarbonyl (C=S) groups is 1. The molecule has 5 fully saturated rings. The van der Waals surface area contributed by atoms with Crippen LogP contribution in [-0.2, 0) is 17.6 Å². The van der Waals surface area contributed by atoms with E-state index in [0.29, 0.717) is 0 Å². The minimum atomic E-state index is -0.230. The highest BCUT2D eigenvalue weighted by atomic mass is 32.1. The van der Waals surface area contributed by atoms with Gasteiger partial charge in [-0.15, -0.1) is 11.3 Å². The van der Waals surface area contributed by atoms with Crippen LogP contribution in [0.2, 0.25) is 0 Å². The van der Waals surface area contributed by atoms with Crippen LogP contribution in [0.3, 0.4) is 0 Å². The molecule has 6 aliphatic rings. The van der Waals surface area contributed by atoms with Crippen molar-refractivity contribution in [2.75, 3.05) is 38.6 Å². The molecule has 5 nitrogen and oxygen atoms in total. The van der Waals surface area contributed by atoms with Crippen LogP contribution in [0.5, 0.6) is 0 Å². The standard InChI is InChI=1S/C26H37N3O2S2/c1-31-25(30)22-20-5-3-2-4-6-21(20)33-24(22)27-26(32)29-9-7-28(8-10-29)23-18-12-16-11-17(14-18)15-19(23)13-16/h16-19,23H,2-15H2,1H3,(H,27,32). The number of esters is 1. The number of thiophene rings is 1. The Morgan fingerprint density at radius 3 is 2.30 bits per heavy atom. The van der Waals surface area contributed by atoms with E-state index in [2.05, 4.69) is 15.1 Å². The molecule has 0 unspecified atom stereocenters. The fraction of sp³-hybridized carbons (Fsp3) is 0.769. The number of piperazine rings is 1. The normalized spacial score (nSPS) is 33.5. The van der Waals surface area contributed by atoms with Crippen molar-refractivity contribution in [1.29, 1.82) is 0 Å². The van der Waals surface area contributed by atoms with Gasteiger partial charge in [-0.2, -0.15) is 0 Å². The van der Waals surface area contributed by atoms with Gasteiger partial charge in [0, 0.05) is 37.1 Å². The van der Waals surface area contributed by atoms with Crippen molar-refractivity contribution in [3.63, 3.8) is 0 Å². The molecule has 33 heavy (non-hydrogen) atoms. The first-order valence-corrected chi connectivity index (χ1v) is 14.4. The van der Waals surface area contributed by atoms with Crippen molar-refractivity contribution in [3.8, 4) is 0 Å². The third-order valence-corrected chi connectivity index (χ3v) is 10.8. The second-order valence-electron chi connectivity index (χ2n) is 11.1. The number of carbonyl (C=O) groups is 1. The predicted octanol–water partition coefficient (Wildman–Crippen LogP) is 4.94. The van der Waals surface area contributed by atoms with Crippen LogP contribution >= 0.6 is 23.6 Å². The molecule has 0 aromatic carbocycles. The predicted molar refractivity (Wildman–Crippen MR) is 137 cm³/mol. The number of anilines is 1. The van der Waals surface area contributed by atoms with E-state index < -0.39 is 0 Å². The molecule has 4 bridgehead atoms. The number of rotatable bonds is 3. The Morgan fingerprint density at radius 1 is 0.970 bits per heavy atom. The summed E-state index contributed by atoms with van der Waals surface area (Å²) < 4.78 is 5.16. The molecule has 0 spiro atoms. The van der Waals surface area contributed by atoms with Crippen molar-refractivity contribution in [3.05, 3.63) is 16.0 Å². The number of hydrogen-bond acceptors (Lipinski definition) is 5. The summed E-state index contributed by atoms with van der Waals surface area (Å²) in [5, 5.41) is 5.13. The Morgan fingerprint density at radius 2 is 1.64 bits per heavy atom. The van der Waals surface area contributed by atoms with E-state index in [0.717, 1.165) is 90.8 Å². The zero-order chi connectivity index (χ0) is 22.5. The average molecular weight is 488 g/mol. The van der Waals surface area contributed by atoms with Gasteiger partial charge in [0.2, 0.25) is 0 Å². The van der Waals surface area contributed by atoms with Crippen LogP contribution in [-0.4, -0.2) is 60.2 Å². The summed E-state index contributed by atoms with van der Waals surface area (Å²) in [5.41, 5.74) is 1.93. The van der Waals surface area contributed by atoms with Crippen LogP contribution in [0, 0.1) is 23.7 Å². The molecule has 0 atom stereocenters. The van der Waals surface area contributed by atoms with E-state index in [4.69, 9.17) is 17.0 Å². The smallest absolute Gasteiger partial charge is 0.341 e. The average Bonchev–Trinajstić information content (AvgIpc) is 2.98. The Hall–Kier alpha value is -1.18. The van der Waals surface area contributed by atoms with Crippen LogP contribution in [0.1, 0.15) is 72.2 Å². The summed E-state index contributed by atoms with van der Waals surface area (Å²) in [7, 11) is 1.48. The van der Waals surface area contributed by atoms with Gasteiger partial charge in [0.25, 0.3) is 0 Å². The lowest BCUT2D eigenvalue weighted by Crippen LogP contribution is -2.60. The molecule has 1 aromatic heterocycles. The SMILES string of the molecule is COC(=O)c1c(NC(=S)N2CCN(C3C4CC5CC(C4)CC3C5)CC2)sc2c1CCCCC2. The molecular formula is C26H37N3O2S2. The quantitative estimate of drug-likeness (QED) is 0.370. The monoisotopic (exact) mass is 487 g/mol. The second kappa shape index (κ2) is 9.12. The van der Waals surface area contributed by atoms with E-state index in [9.17, 15) is 4.79 Å². The van der Waals surface area contributed by atoms with Crippen molar-refractivity contribution in [2.24, 2.45) is 23.7 Å². The third-order valence-electron chi connectivity index (χ3n) is 9.23. The van der Waals surface area contributed by atoms with Crippen LogP contribution in [0.25, 0.3) is 0 Å². The molecule has 4 saturated carbocycles. The maximum atomic E-state index is 12.7. The largest absolute Gasteiger partial charge is 0.465 e. The van der Waals surface area contributed by atoms with E-state index in [1.165, 1.54) is 62.5 Å². The molecule has 1 aromatic rings. The first-order valence-electron chi connectivity index (χ1n) is 13.1. The molecule has 0 amide bonds. The molecule has 1 saturated heterocycles. The van der Waals surface area contributed by atoms with Gasteiger partial charge < -0.3 is 15.0 Å². The number of hydrogen-bond donors (Lipinski definition) is 1. The van der Waals surface area contributed by atoms with Gasteiger partial charge in [0.1, 0.15) is 5.00 Å². The van der Waals surface area contributed by atoms with Crippen molar-refractivity contribution >= 4 is 39.6 Å². The van der Waals surface area contributed by atoms with Crippen molar-refractivity contribution in [1.82, 2.24) is 9.80 Å². The highest BCUT2D eigenvalue weighted by Gasteiger charge is 2.50. The van der Waals surface area contributed by atoms with Crippen molar-refractivity contribution in [2.45, 2.75) is 70.3 Å². The van der Waals surface area contributed by atoms with Crippen LogP contribution in [0.15, 0.2) is 0 Å². The molecule has 7 rings (SSSR count). The Labute approximate surface area is 207 Å². The van der Waals surface area contributed by atoms with Gasteiger partial charge in [0.05, 0.1) is 12.7 Å². The highest BCUT2D eigenvalue weighted by Crippen LogP contribution is 2.55. The molecule has 5 aliphatic carbocycles. The summed E-state index contributed by atoms with van der Waals surface area (Å²) in [6, 6.07) is 0.820. The van der Waals surface area contributed by atoms with E-state index in [-0.39, 0.29) is 5.97 Å². The molecule has 1 N–H and O–H groups in total. The minimum absolute atomic E-state index is 0.230. The van der Waals surface area contributed by atoms with Crippen LogP contribution in [0.4, 0.5) is 5.00 Å². The maximum Gasteiger partial charge on any atom is 0.341 e. The number of nitrogens with zero attached hydrogens (tertiary/aromatic N) is 2. The van der Waals surface area contributed by atoms with E-state index in [1.54, 1.807) is 11.3 Å². The first kappa shape index (κ1) is 22.3. The lowest BCUT2D eigenvalue weighted by atomic mass is 9.54. The summed E-state index contributed by atoms with van der Waals surface area (Å²) >= 11 is 7.57. The molecule has 180 valence electrons. The Kier molecular flexibility index (Phi) is 6.16. The number of aryl methyl sites for hydroxylation is 1. The second-order valence-corrected chi connectivity index (χ2v) is 12.6. The minimum Gasteiger partial charge on any atom is -0.465 e. The molecule has 1 aliphatic heterocycles. The zero-order valence-corrected chi connectivity index (χ0v) is 21.4. The van der Waals surface area contributed by atoms with Gasteiger partial charge in [0.15, 0.2) is 5.11 Å². The number of fused-ring (bicyclic) bond motifs is 1. The molecule has 2 heterocycles.